The lowest BCUT2D eigenvalue weighted by Crippen LogP contribution is -2.46. The number of carbonyl (C=O) groups excluding carboxylic acids is 1. The third-order valence-corrected chi connectivity index (χ3v) is 8.59. The number of anilines is 2. The Morgan fingerprint density at radius 3 is 2.45 bits per heavy atom. The predicted octanol–water partition coefficient (Wildman–Crippen LogP) is 8.39. The lowest BCUT2D eigenvalue weighted by atomic mass is 9.80. The zero-order chi connectivity index (χ0) is 27.6. The maximum absolute atomic E-state index is 12.6. The molecule has 1 N–H and O–H groups in total. The van der Waals surface area contributed by atoms with Gasteiger partial charge in [-0.2, -0.15) is 0 Å². The Balaban J connectivity index is 1.39. The maximum Gasteiger partial charge on any atom is 0.410 e. The predicted molar refractivity (Wildman–Crippen MR) is 158 cm³/mol. The van der Waals surface area contributed by atoms with Gasteiger partial charge in [-0.1, -0.05) is 40.9 Å². The summed E-state index contributed by atoms with van der Waals surface area (Å²) < 4.78 is 5.63. The molecule has 1 aromatic carbocycles. The number of aryl methyl sites for hydroxylation is 1. The fraction of sp³-hybridized carbons (Fsp3) is 0.586. The van der Waals surface area contributed by atoms with Crippen molar-refractivity contribution < 1.29 is 9.53 Å². The van der Waals surface area contributed by atoms with Crippen molar-refractivity contribution in [2.45, 2.75) is 71.9 Å². The van der Waals surface area contributed by atoms with Crippen LogP contribution in [0.4, 0.5) is 16.3 Å². The van der Waals surface area contributed by atoms with Crippen LogP contribution < -0.4 is 10.2 Å². The molecule has 0 spiro atoms. The number of carbonyl (C=O) groups is 1. The summed E-state index contributed by atoms with van der Waals surface area (Å²) in [4.78, 5) is 21.7. The van der Waals surface area contributed by atoms with Gasteiger partial charge in [0.05, 0.1) is 22.4 Å². The molecule has 2 fully saturated rings. The second-order valence-corrected chi connectivity index (χ2v) is 12.8. The number of pyridine rings is 1. The van der Waals surface area contributed by atoms with Gasteiger partial charge in [0.15, 0.2) is 0 Å². The normalized spacial score (nSPS) is 19.8. The number of amides is 1. The number of ether oxygens (including phenoxy) is 1. The Bertz CT molecular complexity index is 1150. The highest BCUT2D eigenvalue weighted by molar-refractivity contribution is 6.35. The van der Waals surface area contributed by atoms with Crippen LogP contribution in [0.1, 0.15) is 70.7 Å². The second kappa shape index (κ2) is 12.1. The summed E-state index contributed by atoms with van der Waals surface area (Å²) in [5.41, 5.74) is 2.13. The number of halogens is 3. The van der Waals surface area contributed by atoms with Crippen molar-refractivity contribution in [2.24, 2.45) is 11.8 Å². The van der Waals surface area contributed by atoms with Gasteiger partial charge in [0.1, 0.15) is 11.4 Å². The second-order valence-electron chi connectivity index (χ2n) is 11.6. The van der Waals surface area contributed by atoms with Crippen LogP contribution in [0.25, 0.3) is 0 Å². The molecule has 2 aliphatic heterocycles. The summed E-state index contributed by atoms with van der Waals surface area (Å²) in [6, 6.07) is 7.52. The minimum atomic E-state index is -0.467. The van der Waals surface area contributed by atoms with Gasteiger partial charge < -0.3 is 19.9 Å². The number of aromatic nitrogens is 1. The number of nitrogens with one attached hydrogen (secondary N) is 1. The Hall–Kier alpha value is -1.89. The smallest absolute Gasteiger partial charge is 0.410 e. The molecule has 2 aliphatic rings. The van der Waals surface area contributed by atoms with E-state index in [-0.39, 0.29) is 12.1 Å². The maximum atomic E-state index is 12.6. The molecule has 2 aromatic rings. The van der Waals surface area contributed by atoms with E-state index in [0.717, 1.165) is 68.2 Å². The fourth-order valence-electron chi connectivity index (χ4n) is 5.56. The Morgan fingerprint density at radius 1 is 1.08 bits per heavy atom. The van der Waals surface area contributed by atoms with E-state index < -0.39 is 5.60 Å². The molecule has 0 aliphatic carbocycles. The number of rotatable bonds is 5. The van der Waals surface area contributed by atoms with Crippen LogP contribution in [0, 0.1) is 18.8 Å². The van der Waals surface area contributed by atoms with Crippen molar-refractivity contribution in [1.82, 2.24) is 9.88 Å². The first kappa shape index (κ1) is 29.1. The number of likely N-dealkylation sites (tertiary alicyclic amines) is 1. The number of hydrogen-bond acceptors (Lipinski definition) is 5. The van der Waals surface area contributed by atoms with Crippen molar-refractivity contribution in [1.29, 1.82) is 0 Å². The van der Waals surface area contributed by atoms with E-state index in [1.54, 1.807) is 6.07 Å². The van der Waals surface area contributed by atoms with E-state index in [2.05, 4.69) is 17.1 Å². The largest absolute Gasteiger partial charge is 0.444 e. The molecular formula is C29H39Cl3N4O2. The average molecular weight is 582 g/mol. The Labute approximate surface area is 242 Å². The number of piperidine rings is 2. The molecule has 1 aromatic heterocycles. The molecule has 0 saturated carbocycles. The van der Waals surface area contributed by atoms with Crippen LogP contribution in [-0.2, 0) is 4.74 Å². The number of benzene rings is 1. The molecule has 9 heteroatoms. The van der Waals surface area contributed by atoms with E-state index in [0.29, 0.717) is 26.9 Å². The zero-order valence-corrected chi connectivity index (χ0v) is 25.3. The monoisotopic (exact) mass is 580 g/mol. The molecule has 4 rings (SSSR count). The highest BCUT2D eigenvalue weighted by Gasteiger charge is 2.33. The summed E-state index contributed by atoms with van der Waals surface area (Å²) in [6.07, 6.45) is 4.18. The zero-order valence-electron chi connectivity index (χ0n) is 23.0. The van der Waals surface area contributed by atoms with Crippen LogP contribution in [0.3, 0.4) is 0 Å². The molecule has 0 radical (unpaired) electrons. The quantitative estimate of drug-likeness (QED) is 0.384. The molecule has 208 valence electrons. The molecule has 38 heavy (non-hydrogen) atoms. The first-order chi connectivity index (χ1) is 17.9. The first-order valence-electron chi connectivity index (χ1n) is 13.5. The molecule has 6 nitrogen and oxygen atoms in total. The van der Waals surface area contributed by atoms with Crippen molar-refractivity contribution in [2.75, 3.05) is 36.4 Å². The third kappa shape index (κ3) is 7.19. The van der Waals surface area contributed by atoms with Crippen LogP contribution in [0.15, 0.2) is 24.3 Å². The van der Waals surface area contributed by atoms with Crippen molar-refractivity contribution >= 4 is 52.4 Å². The summed E-state index contributed by atoms with van der Waals surface area (Å²) >= 11 is 19.2. The van der Waals surface area contributed by atoms with E-state index in [4.69, 9.17) is 44.5 Å². The van der Waals surface area contributed by atoms with Gasteiger partial charge in [-0.25, -0.2) is 9.78 Å². The molecule has 2 atom stereocenters. The van der Waals surface area contributed by atoms with E-state index in [1.807, 2.05) is 50.8 Å². The minimum absolute atomic E-state index is 0.0585. The molecule has 2 saturated heterocycles. The van der Waals surface area contributed by atoms with E-state index in [9.17, 15) is 4.79 Å². The van der Waals surface area contributed by atoms with Gasteiger partial charge in [-0.3, -0.25) is 0 Å². The summed E-state index contributed by atoms with van der Waals surface area (Å²) in [7, 11) is 0. The van der Waals surface area contributed by atoms with E-state index in [1.165, 1.54) is 6.42 Å². The SMILES string of the molecule is Cc1nc(N2CCC(C3CCCN(C(=O)OC(C)(C)C)C3)CC2)cc(N[C@H](C)c2ccc(Cl)cc2Cl)c1Cl. The lowest BCUT2D eigenvalue weighted by Gasteiger charge is -2.41. The van der Waals surface area contributed by atoms with Crippen LogP contribution >= 0.6 is 34.8 Å². The standard InChI is InChI=1S/C29H39Cl3N4O2/c1-18(23-9-8-22(30)15-24(23)31)33-25-16-26(34-19(2)27(25)32)35-13-10-20(11-14-35)21-7-6-12-36(17-21)28(37)38-29(3,4)5/h8-9,15-16,18,20-21H,6-7,10-14,17H2,1-5H3,(H,33,34)/t18-,21?/m1/s1. The van der Waals surface area contributed by atoms with Crippen LogP contribution in [0.2, 0.25) is 15.1 Å². The molecule has 3 heterocycles. The van der Waals surface area contributed by atoms with Gasteiger partial charge in [0.25, 0.3) is 0 Å². The van der Waals surface area contributed by atoms with Gasteiger partial charge in [0.2, 0.25) is 0 Å². The van der Waals surface area contributed by atoms with Gasteiger partial charge in [0, 0.05) is 42.3 Å². The number of hydrogen-bond donors (Lipinski definition) is 1. The van der Waals surface area contributed by atoms with Gasteiger partial charge in [-0.15, -0.1) is 0 Å². The summed E-state index contributed by atoms with van der Waals surface area (Å²) in [6.45, 7) is 13.2. The van der Waals surface area contributed by atoms with Crippen molar-refractivity contribution in [3.05, 3.63) is 50.6 Å². The minimum Gasteiger partial charge on any atom is -0.444 e. The highest BCUT2D eigenvalue weighted by Crippen LogP contribution is 2.37. The number of nitrogens with zero attached hydrogens (tertiary/aromatic N) is 3. The van der Waals surface area contributed by atoms with Crippen molar-refractivity contribution in [3.63, 3.8) is 0 Å². The van der Waals surface area contributed by atoms with Crippen molar-refractivity contribution in [3.8, 4) is 0 Å². The third-order valence-electron chi connectivity index (χ3n) is 7.55. The fourth-order valence-corrected chi connectivity index (χ4v) is 6.28. The molecule has 1 unspecified atom stereocenters. The van der Waals surface area contributed by atoms with Gasteiger partial charge >= 0.3 is 6.09 Å². The first-order valence-corrected chi connectivity index (χ1v) is 14.7. The highest BCUT2D eigenvalue weighted by atomic mass is 35.5. The topological polar surface area (TPSA) is 57.7 Å². The summed E-state index contributed by atoms with van der Waals surface area (Å²) in [5.74, 6) is 2.04. The molecule has 0 bridgehead atoms. The molecule has 1 amide bonds. The Kier molecular flexibility index (Phi) is 9.26. The lowest BCUT2D eigenvalue weighted by molar-refractivity contribution is 0.0120. The summed E-state index contributed by atoms with van der Waals surface area (Å²) in [5, 5.41) is 5.37. The van der Waals surface area contributed by atoms with Gasteiger partial charge in [-0.05, 0) is 89.8 Å². The molecular weight excluding hydrogens is 543 g/mol. The van der Waals surface area contributed by atoms with E-state index >= 15 is 0 Å². The van der Waals surface area contributed by atoms with Crippen LogP contribution in [-0.4, -0.2) is 47.8 Å². The average Bonchev–Trinajstić information content (AvgIpc) is 2.85. The Morgan fingerprint density at radius 2 is 1.79 bits per heavy atom. The van der Waals surface area contributed by atoms with Crippen LogP contribution in [0.5, 0.6) is 0 Å².